The van der Waals surface area contributed by atoms with Gasteiger partial charge >= 0.3 is 0 Å². The summed E-state index contributed by atoms with van der Waals surface area (Å²) in [6.07, 6.45) is 0.225. The minimum atomic E-state index is -0.749. The van der Waals surface area contributed by atoms with Crippen LogP contribution in [-0.4, -0.2) is 16.7 Å². The lowest BCUT2D eigenvalue weighted by molar-refractivity contribution is -0.141. The van der Waals surface area contributed by atoms with E-state index >= 15 is 0 Å². The number of hydrogen-bond acceptors (Lipinski definition) is 2. The van der Waals surface area contributed by atoms with Gasteiger partial charge in [0.15, 0.2) is 0 Å². The van der Waals surface area contributed by atoms with E-state index in [0.717, 1.165) is 22.3 Å². The molecule has 34 heavy (non-hydrogen) atoms. The van der Waals surface area contributed by atoms with E-state index in [0.29, 0.717) is 13.1 Å². The highest BCUT2D eigenvalue weighted by Gasteiger charge is 2.31. The van der Waals surface area contributed by atoms with Crippen molar-refractivity contribution in [1.29, 1.82) is 0 Å². The zero-order chi connectivity index (χ0) is 23.6. The number of carbonyl (C=O) groups is 2. The second kappa shape index (κ2) is 11.6. The van der Waals surface area contributed by atoms with Gasteiger partial charge in [0.25, 0.3) is 0 Å². The standard InChI is InChI=1S/C30H28N2O2/c33-28(21-24-13-5-1-6-14-24)32(23-26-17-9-3-10-18-26)29(27-19-11-4-12-20-27)30(34)31-22-25-15-7-2-8-16-25/h1-20,29H,21-23H2,(H,31,34). The topological polar surface area (TPSA) is 49.4 Å². The summed E-state index contributed by atoms with van der Waals surface area (Å²) in [5.74, 6) is -0.300. The van der Waals surface area contributed by atoms with E-state index in [-0.39, 0.29) is 18.2 Å². The predicted molar refractivity (Wildman–Crippen MR) is 135 cm³/mol. The zero-order valence-electron chi connectivity index (χ0n) is 19.0. The lowest BCUT2D eigenvalue weighted by atomic mass is 10.0. The monoisotopic (exact) mass is 448 g/mol. The van der Waals surface area contributed by atoms with Gasteiger partial charge in [-0.05, 0) is 22.3 Å². The van der Waals surface area contributed by atoms with E-state index in [1.807, 2.05) is 121 Å². The lowest BCUT2D eigenvalue weighted by Gasteiger charge is -2.32. The summed E-state index contributed by atoms with van der Waals surface area (Å²) < 4.78 is 0. The second-order valence-corrected chi connectivity index (χ2v) is 8.19. The van der Waals surface area contributed by atoms with Crippen molar-refractivity contribution in [3.63, 3.8) is 0 Å². The molecule has 0 radical (unpaired) electrons. The van der Waals surface area contributed by atoms with E-state index < -0.39 is 6.04 Å². The Morgan fingerprint density at radius 1 is 0.618 bits per heavy atom. The molecule has 0 saturated heterocycles. The molecule has 0 aliphatic heterocycles. The lowest BCUT2D eigenvalue weighted by Crippen LogP contribution is -2.43. The molecule has 0 aromatic heterocycles. The van der Waals surface area contributed by atoms with Gasteiger partial charge in [-0.15, -0.1) is 0 Å². The molecule has 170 valence electrons. The van der Waals surface area contributed by atoms with Gasteiger partial charge in [-0.1, -0.05) is 121 Å². The van der Waals surface area contributed by atoms with Gasteiger partial charge in [-0.3, -0.25) is 9.59 Å². The Kier molecular flexibility index (Phi) is 7.86. The van der Waals surface area contributed by atoms with Crippen LogP contribution in [0.1, 0.15) is 28.3 Å². The molecule has 4 aromatic rings. The van der Waals surface area contributed by atoms with Crippen molar-refractivity contribution in [2.75, 3.05) is 0 Å². The predicted octanol–water partition coefficient (Wildman–Crippen LogP) is 5.32. The summed E-state index contributed by atoms with van der Waals surface area (Å²) in [6.45, 7) is 0.736. The van der Waals surface area contributed by atoms with Gasteiger partial charge < -0.3 is 10.2 Å². The Morgan fingerprint density at radius 3 is 1.65 bits per heavy atom. The molecule has 1 unspecified atom stereocenters. The molecule has 4 heteroatoms. The Balaban J connectivity index is 1.66. The first-order valence-corrected chi connectivity index (χ1v) is 11.4. The summed E-state index contributed by atoms with van der Waals surface area (Å²) >= 11 is 0. The number of nitrogens with one attached hydrogen (secondary N) is 1. The molecule has 0 fully saturated rings. The van der Waals surface area contributed by atoms with Crippen molar-refractivity contribution in [3.05, 3.63) is 144 Å². The third kappa shape index (κ3) is 6.20. The maximum atomic E-state index is 13.7. The summed E-state index contributed by atoms with van der Waals surface area (Å²) in [5.41, 5.74) is 3.68. The third-order valence-electron chi connectivity index (χ3n) is 5.70. The van der Waals surface area contributed by atoms with Crippen LogP contribution < -0.4 is 5.32 Å². The van der Waals surface area contributed by atoms with Gasteiger partial charge in [-0.2, -0.15) is 0 Å². The van der Waals surface area contributed by atoms with E-state index in [2.05, 4.69) is 5.32 Å². The van der Waals surface area contributed by atoms with Crippen molar-refractivity contribution in [3.8, 4) is 0 Å². The summed E-state index contributed by atoms with van der Waals surface area (Å²) in [4.78, 5) is 28.9. The van der Waals surface area contributed by atoms with E-state index in [4.69, 9.17) is 0 Å². The molecule has 0 aliphatic carbocycles. The number of nitrogens with zero attached hydrogens (tertiary/aromatic N) is 1. The van der Waals surface area contributed by atoms with Crippen LogP contribution in [0.25, 0.3) is 0 Å². The van der Waals surface area contributed by atoms with Crippen LogP contribution in [0.3, 0.4) is 0 Å². The molecular formula is C30H28N2O2. The van der Waals surface area contributed by atoms with Crippen molar-refractivity contribution in [2.24, 2.45) is 0 Å². The molecule has 0 heterocycles. The smallest absolute Gasteiger partial charge is 0.247 e. The van der Waals surface area contributed by atoms with Gasteiger partial charge in [0.2, 0.25) is 11.8 Å². The quantitative estimate of drug-likeness (QED) is 0.377. The maximum absolute atomic E-state index is 13.7. The molecule has 0 aliphatic rings. The molecule has 0 bridgehead atoms. The minimum absolute atomic E-state index is 0.0984. The normalized spacial score (nSPS) is 11.4. The summed E-state index contributed by atoms with van der Waals surface area (Å²) in [5, 5.41) is 3.05. The van der Waals surface area contributed by atoms with Crippen LogP contribution in [-0.2, 0) is 29.1 Å². The first-order valence-electron chi connectivity index (χ1n) is 11.4. The fraction of sp³-hybridized carbons (Fsp3) is 0.133. The van der Waals surface area contributed by atoms with Gasteiger partial charge in [0, 0.05) is 13.1 Å². The molecule has 4 rings (SSSR count). The van der Waals surface area contributed by atoms with Gasteiger partial charge in [-0.25, -0.2) is 0 Å². The van der Waals surface area contributed by atoms with E-state index in [9.17, 15) is 9.59 Å². The van der Waals surface area contributed by atoms with Gasteiger partial charge in [0.1, 0.15) is 6.04 Å². The number of amides is 2. The Morgan fingerprint density at radius 2 is 1.09 bits per heavy atom. The average molecular weight is 449 g/mol. The van der Waals surface area contributed by atoms with Crippen molar-refractivity contribution >= 4 is 11.8 Å². The minimum Gasteiger partial charge on any atom is -0.350 e. The van der Waals surface area contributed by atoms with Crippen LogP contribution in [0.4, 0.5) is 0 Å². The average Bonchev–Trinajstić information content (AvgIpc) is 2.89. The van der Waals surface area contributed by atoms with E-state index in [1.165, 1.54) is 0 Å². The molecule has 1 N–H and O–H groups in total. The number of carbonyl (C=O) groups excluding carboxylic acids is 2. The van der Waals surface area contributed by atoms with Crippen LogP contribution in [0.2, 0.25) is 0 Å². The van der Waals surface area contributed by atoms with Crippen molar-refractivity contribution < 1.29 is 9.59 Å². The third-order valence-corrected chi connectivity index (χ3v) is 5.70. The summed E-state index contributed by atoms with van der Waals surface area (Å²) in [7, 11) is 0. The highest BCUT2D eigenvalue weighted by Crippen LogP contribution is 2.25. The second-order valence-electron chi connectivity index (χ2n) is 8.19. The molecule has 1 atom stereocenters. The number of hydrogen-bond donors (Lipinski definition) is 1. The largest absolute Gasteiger partial charge is 0.350 e. The molecule has 0 saturated carbocycles. The highest BCUT2D eigenvalue weighted by atomic mass is 16.2. The fourth-order valence-corrected chi connectivity index (χ4v) is 3.97. The van der Waals surface area contributed by atoms with Gasteiger partial charge in [0.05, 0.1) is 6.42 Å². The summed E-state index contributed by atoms with van der Waals surface area (Å²) in [6, 6.07) is 38.0. The molecule has 4 aromatic carbocycles. The molecule has 4 nitrogen and oxygen atoms in total. The first kappa shape index (κ1) is 23.0. The Labute approximate surface area is 200 Å². The van der Waals surface area contributed by atoms with Crippen LogP contribution in [0.5, 0.6) is 0 Å². The molecule has 0 spiro atoms. The van der Waals surface area contributed by atoms with Crippen molar-refractivity contribution in [2.45, 2.75) is 25.6 Å². The Hall–Kier alpha value is -4.18. The van der Waals surface area contributed by atoms with Crippen molar-refractivity contribution in [1.82, 2.24) is 10.2 Å². The Bertz CT molecular complexity index is 1180. The maximum Gasteiger partial charge on any atom is 0.247 e. The SMILES string of the molecule is O=C(NCc1ccccc1)C(c1ccccc1)N(Cc1ccccc1)C(=O)Cc1ccccc1. The zero-order valence-corrected chi connectivity index (χ0v) is 19.0. The highest BCUT2D eigenvalue weighted by molar-refractivity contribution is 5.89. The first-order chi connectivity index (χ1) is 16.7. The molecule has 2 amide bonds. The number of benzene rings is 4. The van der Waals surface area contributed by atoms with Crippen LogP contribution in [0, 0.1) is 0 Å². The number of rotatable bonds is 9. The van der Waals surface area contributed by atoms with Crippen LogP contribution in [0.15, 0.2) is 121 Å². The van der Waals surface area contributed by atoms with E-state index in [1.54, 1.807) is 4.90 Å². The van der Waals surface area contributed by atoms with Crippen LogP contribution >= 0.6 is 0 Å². The molecular weight excluding hydrogens is 420 g/mol. The fourth-order valence-electron chi connectivity index (χ4n) is 3.97.